The molecule has 1 atom stereocenters. The molecule has 2 aromatic heterocycles. The van der Waals surface area contributed by atoms with Crippen LogP contribution in [0.2, 0.25) is 0 Å². The number of nitrogen functional groups attached to an aromatic ring is 1. The maximum Gasteiger partial charge on any atom is 0.428 e. The van der Waals surface area contributed by atoms with Crippen molar-refractivity contribution < 1.29 is 27.8 Å². The molecule has 0 fully saturated rings. The van der Waals surface area contributed by atoms with Crippen molar-refractivity contribution >= 4 is 43.9 Å². The first-order valence-corrected chi connectivity index (χ1v) is 9.03. The summed E-state index contributed by atoms with van der Waals surface area (Å²) in [4.78, 5) is 15.3. The zero-order valence-corrected chi connectivity index (χ0v) is 15.0. The smallest absolute Gasteiger partial charge is 0.428 e. The van der Waals surface area contributed by atoms with Crippen molar-refractivity contribution in [3.63, 3.8) is 0 Å². The Kier molecular flexibility index (Phi) is 4.67. The number of nitrogens with zero attached hydrogens (tertiary/aromatic N) is 1. The van der Waals surface area contributed by atoms with E-state index in [9.17, 15) is 23.1 Å². The monoisotopic (exact) mass is 402 g/mol. The van der Waals surface area contributed by atoms with Gasteiger partial charge in [-0.1, -0.05) is 12.1 Å². The molecule has 3 aromatic rings. The molecule has 0 aliphatic heterocycles. The molecule has 1 aromatic carbocycles. The third-order valence-corrected chi connectivity index (χ3v) is 5.84. The van der Waals surface area contributed by atoms with Crippen molar-refractivity contribution in [1.29, 1.82) is 0 Å². The first-order valence-electron chi connectivity index (χ1n) is 7.40. The summed E-state index contributed by atoms with van der Waals surface area (Å²) in [6.45, 7) is 1.61. The molecular formula is C16H13F3N2O3S2. The van der Waals surface area contributed by atoms with Crippen LogP contribution in [0.5, 0.6) is 0 Å². The van der Waals surface area contributed by atoms with Crippen LogP contribution in [-0.2, 0) is 10.3 Å². The minimum absolute atomic E-state index is 0.0465. The predicted octanol–water partition coefficient (Wildman–Crippen LogP) is 3.91. The maximum absolute atomic E-state index is 13.9. The quantitative estimate of drug-likeness (QED) is 0.646. The number of carbonyl (C=O) groups is 1. The van der Waals surface area contributed by atoms with Crippen LogP contribution in [0.1, 0.15) is 27.2 Å². The van der Waals surface area contributed by atoms with Gasteiger partial charge in [-0.25, -0.2) is 9.78 Å². The van der Waals surface area contributed by atoms with Crippen LogP contribution in [0.15, 0.2) is 30.3 Å². The average Bonchev–Trinajstić information content (AvgIpc) is 3.17. The summed E-state index contributed by atoms with van der Waals surface area (Å²) in [6, 6.07) is 7.38. The highest BCUT2D eigenvalue weighted by atomic mass is 32.1. The minimum atomic E-state index is -5.07. The third kappa shape index (κ3) is 2.93. The normalized spacial score (nSPS) is 14.3. The van der Waals surface area contributed by atoms with Crippen LogP contribution in [0.3, 0.4) is 0 Å². The summed E-state index contributed by atoms with van der Waals surface area (Å²) >= 11 is 1.21. The number of para-hydroxylation sites is 1. The molecule has 0 bridgehead atoms. The van der Waals surface area contributed by atoms with E-state index in [1.54, 1.807) is 31.2 Å². The molecule has 2 heterocycles. The summed E-state index contributed by atoms with van der Waals surface area (Å²) in [7, 11) is 0. The third-order valence-electron chi connectivity index (χ3n) is 3.63. The Morgan fingerprint density at radius 3 is 2.62 bits per heavy atom. The van der Waals surface area contributed by atoms with Crippen molar-refractivity contribution in [2.24, 2.45) is 0 Å². The van der Waals surface area contributed by atoms with Crippen LogP contribution < -0.4 is 5.73 Å². The molecule has 10 heteroatoms. The van der Waals surface area contributed by atoms with Crippen LogP contribution in [0.4, 0.5) is 18.2 Å². The molecule has 138 valence electrons. The lowest BCUT2D eigenvalue weighted by Gasteiger charge is -2.27. The first-order chi connectivity index (χ1) is 12.2. The minimum Gasteiger partial charge on any atom is -0.462 e. The summed E-state index contributed by atoms with van der Waals surface area (Å²) in [5, 5.41) is 9.96. The number of rotatable bonds is 4. The number of alkyl halides is 3. The number of esters is 1. The summed E-state index contributed by atoms with van der Waals surface area (Å²) < 4.78 is 46.9. The van der Waals surface area contributed by atoms with Gasteiger partial charge in [0.2, 0.25) is 5.60 Å². The second-order valence-electron chi connectivity index (χ2n) is 5.30. The molecule has 0 amide bonds. The number of aliphatic hydroxyl groups is 1. The van der Waals surface area contributed by atoms with Gasteiger partial charge in [0.25, 0.3) is 0 Å². The Balaban J connectivity index is 2.18. The van der Waals surface area contributed by atoms with E-state index < -0.39 is 27.6 Å². The highest BCUT2D eigenvalue weighted by molar-refractivity contribution is 7.19. The van der Waals surface area contributed by atoms with Gasteiger partial charge >= 0.3 is 12.1 Å². The van der Waals surface area contributed by atoms with Gasteiger partial charge in [0, 0.05) is 0 Å². The highest BCUT2D eigenvalue weighted by Gasteiger charge is 2.59. The lowest BCUT2D eigenvalue weighted by Crippen LogP contribution is -2.42. The van der Waals surface area contributed by atoms with Gasteiger partial charge in [-0.3, -0.25) is 0 Å². The molecule has 0 aliphatic carbocycles. The van der Waals surface area contributed by atoms with Gasteiger partial charge in [0.05, 0.1) is 27.3 Å². The van der Waals surface area contributed by atoms with Gasteiger partial charge in [0.15, 0.2) is 0 Å². The van der Waals surface area contributed by atoms with Crippen molar-refractivity contribution in [2.45, 2.75) is 18.7 Å². The van der Waals surface area contributed by atoms with Gasteiger partial charge in [-0.15, -0.1) is 22.7 Å². The number of thiazole rings is 1. The molecule has 5 nitrogen and oxygen atoms in total. The number of benzene rings is 1. The Hall–Kier alpha value is -2.17. The van der Waals surface area contributed by atoms with Crippen molar-refractivity contribution in [1.82, 2.24) is 4.98 Å². The largest absolute Gasteiger partial charge is 0.462 e. The van der Waals surface area contributed by atoms with E-state index in [0.717, 1.165) is 17.4 Å². The van der Waals surface area contributed by atoms with Gasteiger partial charge < -0.3 is 15.6 Å². The number of thiophene rings is 1. The maximum atomic E-state index is 13.9. The van der Waals surface area contributed by atoms with Crippen LogP contribution in [0.25, 0.3) is 10.2 Å². The van der Waals surface area contributed by atoms with E-state index in [4.69, 9.17) is 10.5 Å². The van der Waals surface area contributed by atoms with Gasteiger partial charge in [-0.05, 0) is 25.1 Å². The van der Waals surface area contributed by atoms with Crippen molar-refractivity contribution in [2.75, 3.05) is 12.3 Å². The number of anilines is 1. The summed E-state index contributed by atoms with van der Waals surface area (Å²) in [5.41, 5.74) is 2.44. The lowest BCUT2D eigenvalue weighted by atomic mass is 10.0. The predicted molar refractivity (Wildman–Crippen MR) is 93.4 cm³/mol. The van der Waals surface area contributed by atoms with Gasteiger partial charge in [-0.2, -0.15) is 13.2 Å². The number of hydrogen-bond acceptors (Lipinski definition) is 7. The number of nitrogens with two attached hydrogens (primary N) is 1. The fourth-order valence-corrected chi connectivity index (χ4v) is 4.53. The van der Waals surface area contributed by atoms with E-state index in [2.05, 4.69) is 4.98 Å². The van der Waals surface area contributed by atoms with E-state index in [1.807, 2.05) is 0 Å². The molecule has 0 saturated heterocycles. The number of carbonyl (C=O) groups excluding carboxylic acids is 1. The van der Waals surface area contributed by atoms with Crippen LogP contribution >= 0.6 is 22.7 Å². The second kappa shape index (κ2) is 6.53. The van der Waals surface area contributed by atoms with Crippen molar-refractivity contribution in [3.8, 4) is 0 Å². The Bertz CT molecular complexity index is 934. The van der Waals surface area contributed by atoms with Crippen molar-refractivity contribution in [3.05, 3.63) is 45.8 Å². The highest BCUT2D eigenvalue weighted by Crippen LogP contribution is 2.49. The zero-order chi connectivity index (χ0) is 19.1. The fraction of sp³-hybridized carbons (Fsp3) is 0.250. The second-order valence-corrected chi connectivity index (χ2v) is 7.42. The van der Waals surface area contributed by atoms with E-state index >= 15 is 0 Å². The molecule has 1 unspecified atom stereocenters. The van der Waals surface area contributed by atoms with Crippen LogP contribution in [-0.4, -0.2) is 28.8 Å². The molecule has 0 spiro atoms. The molecule has 3 rings (SSSR count). The molecule has 0 aliphatic rings. The van der Waals surface area contributed by atoms with E-state index in [-0.39, 0.29) is 17.2 Å². The molecule has 3 N–H and O–H groups in total. The molecule has 26 heavy (non-hydrogen) atoms. The molecule has 0 radical (unpaired) electrons. The molecular weight excluding hydrogens is 389 g/mol. The van der Waals surface area contributed by atoms with Crippen LogP contribution in [0, 0.1) is 0 Å². The lowest BCUT2D eigenvalue weighted by molar-refractivity contribution is -0.247. The SMILES string of the molecule is CCOC(=O)c1cc(C(O)(c2nc3ccccc3s2)C(F)(F)F)sc1N. The number of ether oxygens (including phenoxy) is 1. The average molecular weight is 402 g/mol. The Labute approximate surface area is 153 Å². The summed E-state index contributed by atoms with van der Waals surface area (Å²) in [5.74, 6) is -0.846. The first kappa shape index (κ1) is 18.6. The molecule has 0 saturated carbocycles. The number of halogens is 3. The summed E-state index contributed by atoms with van der Waals surface area (Å²) in [6.07, 6.45) is -5.07. The topological polar surface area (TPSA) is 85.4 Å². The van der Waals surface area contributed by atoms with Gasteiger partial charge in [0.1, 0.15) is 10.0 Å². The van der Waals surface area contributed by atoms with E-state index in [1.165, 1.54) is 0 Å². The fourth-order valence-electron chi connectivity index (χ4n) is 2.35. The number of fused-ring (bicyclic) bond motifs is 1. The number of hydrogen-bond donors (Lipinski definition) is 2. The Morgan fingerprint density at radius 2 is 2.00 bits per heavy atom. The number of aromatic nitrogens is 1. The Morgan fingerprint density at radius 1 is 1.31 bits per heavy atom. The van der Waals surface area contributed by atoms with E-state index in [0.29, 0.717) is 21.6 Å². The zero-order valence-electron chi connectivity index (χ0n) is 13.3. The standard InChI is InChI=1S/C16H13F3N2O3S2/c1-2-24-13(22)8-7-11(26-12(8)20)15(23,16(17,18)19)14-21-9-5-3-4-6-10(9)25-14/h3-7,23H,2,20H2,1H3.